The van der Waals surface area contributed by atoms with Crippen LogP contribution in [-0.2, 0) is 31.3 Å². The summed E-state index contributed by atoms with van der Waals surface area (Å²) in [6.45, 7) is 7.87. The average molecular weight is 736 g/mol. The molecule has 5 aromatic carbocycles. The van der Waals surface area contributed by atoms with Crippen LogP contribution in [0.1, 0.15) is 61.3 Å². The number of hydrogen-bond acceptors (Lipinski definition) is 4. The Kier molecular flexibility index (Phi) is 13.3. The Bertz CT molecular complexity index is 1840. The van der Waals surface area contributed by atoms with Crippen LogP contribution in [0.4, 0.5) is 0 Å². The molecule has 278 valence electrons. The van der Waals surface area contributed by atoms with Crippen LogP contribution in [0.5, 0.6) is 0 Å². The van der Waals surface area contributed by atoms with Gasteiger partial charge in [-0.3, -0.25) is 14.5 Å². The predicted octanol–water partition coefficient (Wildman–Crippen LogP) is 9.83. The maximum absolute atomic E-state index is 13.8. The zero-order chi connectivity index (χ0) is 37.8. The summed E-state index contributed by atoms with van der Waals surface area (Å²) in [5.74, 6) is -0.422. The van der Waals surface area contributed by atoms with E-state index in [1.54, 1.807) is 6.08 Å². The monoisotopic (exact) mass is 735 g/mol. The van der Waals surface area contributed by atoms with Crippen molar-refractivity contribution in [1.82, 2.24) is 4.90 Å². The predicted molar refractivity (Wildman–Crippen MR) is 221 cm³/mol. The van der Waals surface area contributed by atoms with Gasteiger partial charge in [0.1, 0.15) is 5.60 Å². The van der Waals surface area contributed by atoms with Crippen molar-refractivity contribution in [3.8, 4) is 0 Å². The Hall–Kier alpha value is -4.88. The number of imide groups is 1. The van der Waals surface area contributed by atoms with Crippen molar-refractivity contribution in [2.24, 2.45) is 0 Å². The Morgan fingerprint density at radius 1 is 0.778 bits per heavy atom. The third-order valence-electron chi connectivity index (χ3n) is 11.1. The fourth-order valence-electron chi connectivity index (χ4n) is 7.91. The second-order valence-corrected chi connectivity index (χ2v) is 19.8. The van der Waals surface area contributed by atoms with Crippen LogP contribution in [0.15, 0.2) is 164 Å². The first kappa shape index (κ1) is 38.8. The van der Waals surface area contributed by atoms with Crippen molar-refractivity contribution < 1.29 is 19.1 Å². The van der Waals surface area contributed by atoms with Gasteiger partial charge in [-0.25, -0.2) is 0 Å². The van der Waals surface area contributed by atoms with E-state index in [-0.39, 0.29) is 30.6 Å². The lowest BCUT2D eigenvalue weighted by Gasteiger charge is -2.37. The van der Waals surface area contributed by atoms with Crippen molar-refractivity contribution >= 4 is 25.1 Å². The van der Waals surface area contributed by atoms with Gasteiger partial charge < -0.3 is 9.47 Å². The van der Waals surface area contributed by atoms with Gasteiger partial charge in [0.05, 0.1) is 33.4 Å². The minimum absolute atomic E-state index is 0.0917. The smallest absolute Gasteiger partial charge is 0.253 e. The van der Waals surface area contributed by atoms with Crippen LogP contribution in [0.3, 0.4) is 0 Å². The third kappa shape index (κ3) is 9.24. The van der Waals surface area contributed by atoms with Crippen molar-refractivity contribution in [2.75, 3.05) is 6.61 Å². The minimum atomic E-state index is -1.90. The first-order valence-electron chi connectivity index (χ1n) is 19.3. The number of likely N-dealkylation sites (tertiary alicyclic amines) is 1. The highest BCUT2D eigenvalue weighted by Gasteiger charge is 2.41. The van der Waals surface area contributed by atoms with Gasteiger partial charge in [0, 0.05) is 6.42 Å². The Morgan fingerprint density at radius 2 is 1.28 bits per heavy atom. The quantitative estimate of drug-likeness (QED) is 0.0542. The van der Waals surface area contributed by atoms with Gasteiger partial charge in [-0.1, -0.05) is 176 Å². The van der Waals surface area contributed by atoms with Crippen LogP contribution >= 0.6 is 0 Å². The topological polar surface area (TPSA) is 55.8 Å². The molecule has 5 aromatic rings. The third-order valence-corrected chi connectivity index (χ3v) is 15.5. The van der Waals surface area contributed by atoms with E-state index >= 15 is 0 Å². The van der Waals surface area contributed by atoms with E-state index in [4.69, 9.17) is 9.47 Å². The maximum atomic E-state index is 13.8. The molecule has 6 rings (SSSR count). The summed E-state index contributed by atoms with van der Waals surface area (Å²) in [6.07, 6.45) is 7.17. The van der Waals surface area contributed by atoms with Crippen molar-refractivity contribution in [2.45, 2.75) is 82.0 Å². The Balaban J connectivity index is 1.16. The molecule has 0 N–H and O–H groups in total. The molecule has 1 fully saturated rings. The van der Waals surface area contributed by atoms with Gasteiger partial charge in [-0.2, -0.15) is 0 Å². The molecule has 5 nitrogen and oxygen atoms in total. The van der Waals surface area contributed by atoms with Crippen molar-refractivity contribution in [1.29, 1.82) is 0 Å². The summed E-state index contributed by atoms with van der Waals surface area (Å²) >= 11 is 0. The Morgan fingerprint density at radius 3 is 1.81 bits per heavy atom. The second-order valence-electron chi connectivity index (χ2n) is 15.0. The first-order chi connectivity index (χ1) is 26.3. The molecule has 1 aliphatic heterocycles. The number of carbonyl (C=O) groups is 2. The van der Waals surface area contributed by atoms with Crippen molar-refractivity contribution in [3.05, 3.63) is 186 Å². The van der Waals surface area contributed by atoms with Gasteiger partial charge in [-0.15, -0.1) is 0 Å². The van der Waals surface area contributed by atoms with E-state index in [1.165, 1.54) is 15.7 Å². The molecule has 1 saturated heterocycles. The molecule has 0 spiro atoms. The number of nitrogens with zero attached hydrogens (tertiary/aromatic N) is 1. The standard InChI is InChI=1S/C48H53NO4Si/c1-38(52-36-39-21-9-4-10-22-39)35-45(54(2,3)44-29-17-8-18-30-44)31-19-20-32-46(50)49-43(33-34-47(49)51)37-53-48(40-23-11-5-12-24-40,41-25-13-6-14-26-41)42-27-15-7-16-28-42/h4-18,20-30,32,38,43,45H,19,31,33-37H2,1-3H3/b32-20+/t38-,43+,45+/m1/s1. The van der Waals surface area contributed by atoms with Crippen molar-refractivity contribution in [3.63, 3.8) is 0 Å². The number of carbonyl (C=O) groups excluding carboxylic acids is 2. The number of allylic oxidation sites excluding steroid dienone is 1. The molecule has 0 unspecified atom stereocenters. The van der Waals surface area contributed by atoms with Crippen LogP contribution in [-0.4, -0.2) is 43.5 Å². The van der Waals surface area contributed by atoms with Gasteiger partial charge in [0.25, 0.3) is 5.91 Å². The number of ether oxygens (including phenoxy) is 2. The highest BCUT2D eigenvalue weighted by molar-refractivity contribution is 6.91. The van der Waals surface area contributed by atoms with Crippen LogP contribution in [0.25, 0.3) is 0 Å². The summed E-state index contributed by atoms with van der Waals surface area (Å²) < 4.78 is 13.4. The largest absolute Gasteiger partial charge is 0.374 e. The lowest BCUT2D eigenvalue weighted by atomic mass is 9.80. The zero-order valence-electron chi connectivity index (χ0n) is 31.9. The molecule has 2 amide bonds. The summed E-state index contributed by atoms with van der Waals surface area (Å²) in [5, 5.41) is 1.42. The van der Waals surface area contributed by atoms with Crippen LogP contribution in [0, 0.1) is 0 Å². The molecule has 0 aliphatic carbocycles. The number of rotatable bonds is 17. The van der Waals surface area contributed by atoms with Crippen LogP contribution < -0.4 is 5.19 Å². The summed E-state index contributed by atoms with van der Waals surface area (Å²) in [4.78, 5) is 28.5. The molecular formula is C48H53NO4Si. The molecular weight excluding hydrogens is 683 g/mol. The second kappa shape index (κ2) is 18.4. The van der Waals surface area contributed by atoms with Gasteiger partial charge in [0.2, 0.25) is 5.91 Å². The highest BCUT2D eigenvalue weighted by Crippen LogP contribution is 2.41. The van der Waals surface area contributed by atoms with Gasteiger partial charge in [-0.05, 0) is 66.5 Å². The Labute approximate surface area is 322 Å². The number of hydrogen-bond donors (Lipinski definition) is 0. The average Bonchev–Trinajstić information content (AvgIpc) is 3.60. The molecule has 1 heterocycles. The molecule has 6 heteroatoms. The molecule has 0 saturated carbocycles. The normalized spacial score (nSPS) is 16.1. The number of benzene rings is 5. The van der Waals surface area contributed by atoms with Gasteiger partial charge in [0.15, 0.2) is 0 Å². The highest BCUT2D eigenvalue weighted by atomic mass is 28.3. The molecule has 0 aromatic heterocycles. The van der Waals surface area contributed by atoms with E-state index in [0.717, 1.165) is 36.0 Å². The fraction of sp³-hybridized carbons (Fsp3) is 0.292. The van der Waals surface area contributed by atoms with Crippen LogP contribution in [0.2, 0.25) is 18.6 Å². The van der Waals surface area contributed by atoms with E-state index in [1.807, 2.05) is 78.9 Å². The molecule has 0 radical (unpaired) electrons. The fourth-order valence-corrected chi connectivity index (χ4v) is 11.2. The first-order valence-corrected chi connectivity index (χ1v) is 22.4. The summed E-state index contributed by atoms with van der Waals surface area (Å²) in [6, 6.07) is 51.4. The minimum Gasteiger partial charge on any atom is -0.374 e. The molecule has 3 atom stereocenters. The summed E-state index contributed by atoms with van der Waals surface area (Å²) in [5.41, 5.74) is 3.64. The van der Waals surface area contributed by atoms with Gasteiger partial charge >= 0.3 is 0 Å². The molecule has 54 heavy (non-hydrogen) atoms. The lowest BCUT2D eigenvalue weighted by Crippen LogP contribution is -2.46. The lowest BCUT2D eigenvalue weighted by molar-refractivity contribution is -0.142. The van der Waals surface area contributed by atoms with E-state index in [9.17, 15) is 9.59 Å². The van der Waals surface area contributed by atoms with E-state index < -0.39 is 13.7 Å². The van der Waals surface area contributed by atoms with E-state index in [0.29, 0.717) is 25.0 Å². The maximum Gasteiger partial charge on any atom is 0.253 e. The molecule has 0 bridgehead atoms. The van der Waals surface area contributed by atoms with E-state index in [2.05, 4.69) is 98.9 Å². The SMILES string of the molecule is C[C@H](C[C@H](CC/C=C/C(=O)N1C(=O)CC[C@H]1COC(c1ccccc1)(c1ccccc1)c1ccccc1)[Si](C)(C)c1ccccc1)OCc1ccccc1. The molecule has 1 aliphatic rings. The number of amides is 2. The summed E-state index contributed by atoms with van der Waals surface area (Å²) in [7, 11) is -1.90. The zero-order valence-corrected chi connectivity index (χ0v) is 32.9.